The molecular formula is C24H21NO3. The number of phenolic OH excluding ortho intramolecular Hbond substituents is 1. The van der Waals surface area contributed by atoms with Crippen molar-refractivity contribution >= 4 is 28.0 Å². The molecule has 2 N–H and O–H groups in total. The Bertz CT molecular complexity index is 1110. The zero-order valence-electron chi connectivity index (χ0n) is 15.4. The standard InChI is InChI=1S/C24H21NO3/c26-21-13-4-3-11-19(21)25-20-12-6-14-22(27)24(20)23(28)15-17-9-5-8-16-7-1-2-10-18(16)17/h1-5,7-11,13,26,28H,6,12,14-15H2/b24-23+,25-20?. The van der Waals surface area contributed by atoms with Crippen LogP contribution < -0.4 is 0 Å². The van der Waals surface area contributed by atoms with E-state index in [1.165, 1.54) is 0 Å². The third-order valence-electron chi connectivity index (χ3n) is 5.05. The normalized spacial score (nSPS) is 17.9. The number of allylic oxidation sites excluding steroid dienone is 2. The van der Waals surface area contributed by atoms with E-state index in [9.17, 15) is 15.0 Å². The topological polar surface area (TPSA) is 69.9 Å². The maximum absolute atomic E-state index is 12.6. The predicted octanol–water partition coefficient (Wildman–Crippen LogP) is 5.43. The fourth-order valence-corrected chi connectivity index (χ4v) is 3.69. The summed E-state index contributed by atoms with van der Waals surface area (Å²) in [6.07, 6.45) is 1.95. The lowest BCUT2D eigenvalue weighted by molar-refractivity contribution is -0.115. The number of benzene rings is 3. The number of aliphatic hydroxyl groups is 1. The van der Waals surface area contributed by atoms with Gasteiger partial charge in [-0.1, -0.05) is 54.6 Å². The molecule has 0 saturated heterocycles. The average Bonchev–Trinajstić information content (AvgIpc) is 2.70. The molecule has 0 atom stereocenters. The number of aliphatic imine (C=N–C) groups is 1. The number of hydrogen-bond acceptors (Lipinski definition) is 4. The first-order valence-electron chi connectivity index (χ1n) is 9.41. The fraction of sp³-hybridized carbons (Fsp3) is 0.167. The summed E-state index contributed by atoms with van der Waals surface area (Å²) in [6, 6.07) is 20.7. The Morgan fingerprint density at radius 1 is 0.929 bits per heavy atom. The number of rotatable bonds is 3. The first-order valence-corrected chi connectivity index (χ1v) is 9.41. The Morgan fingerprint density at radius 2 is 1.68 bits per heavy atom. The van der Waals surface area contributed by atoms with E-state index in [4.69, 9.17) is 0 Å². The van der Waals surface area contributed by atoms with Gasteiger partial charge in [-0.15, -0.1) is 0 Å². The summed E-state index contributed by atoms with van der Waals surface area (Å²) in [5.41, 5.74) is 2.20. The summed E-state index contributed by atoms with van der Waals surface area (Å²) in [4.78, 5) is 17.1. The van der Waals surface area contributed by atoms with Crippen molar-refractivity contribution in [3.63, 3.8) is 0 Å². The number of aromatic hydroxyl groups is 1. The van der Waals surface area contributed by atoms with Crippen LogP contribution in [0.4, 0.5) is 5.69 Å². The van der Waals surface area contributed by atoms with Gasteiger partial charge in [0.2, 0.25) is 0 Å². The number of para-hydroxylation sites is 2. The van der Waals surface area contributed by atoms with Crippen LogP contribution in [0.3, 0.4) is 0 Å². The highest BCUT2D eigenvalue weighted by Gasteiger charge is 2.26. The summed E-state index contributed by atoms with van der Waals surface area (Å²) < 4.78 is 0. The van der Waals surface area contributed by atoms with Gasteiger partial charge in [0.15, 0.2) is 5.78 Å². The van der Waals surface area contributed by atoms with E-state index in [1.807, 2.05) is 42.5 Å². The molecule has 1 fully saturated rings. The summed E-state index contributed by atoms with van der Waals surface area (Å²) >= 11 is 0. The van der Waals surface area contributed by atoms with E-state index in [2.05, 4.69) is 4.99 Å². The smallest absolute Gasteiger partial charge is 0.168 e. The molecule has 28 heavy (non-hydrogen) atoms. The van der Waals surface area contributed by atoms with Crippen molar-refractivity contribution < 1.29 is 15.0 Å². The monoisotopic (exact) mass is 371 g/mol. The molecule has 1 aliphatic rings. The van der Waals surface area contributed by atoms with E-state index in [1.54, 1.807) is 24.3 Å². The van der Waals surface area contributed by atoms with Crippen LogP contribution in [0.25, 0.3) is 10.8 Å². The molecule has 0 unspecified atom stereocenters. The van der Waals surface area contributed by atoms with Gasteiger partial charge in [-0.3, -0.25) is 4.79 Å². The number of carbonyl (C=O) groups excluding carboxylic acids is 1. The summed E-state index contributed by atoms with van der Waals surface area (Å²) in [5.74, 6) is -0.00528. The number of Topliss-reactive ketones (excluding diaryl/α,β-unsaturated/α-hetero) is 1. The molecule has 140 valence electrons. The van der Waals surface area contributed by atoms with Crippen LogP contribution >= 0.6 is 0 Å². The largest absolute Gasteiger partial charge is 0.511 e. The zero-order valence-corrected chi connectivity index (χ0v) is 15.4. The minimum atomic E-state index is -0.0989. The van der Waals surface area contributed by atoms with Gasteiger partial charge in [-0.25, -0.2) is 4.99 Å². The van der Waals surface area contributed by atoms with Gasteiger partial charge in [0.1, 0.15) is 17.2 Å². The van der Waals surface area contributed by atoms with Crippen LogP contribution in [0.5, 0.6) is 5.75 Å². The molecule has 1 aliphatic carbocycles. The first-order chi connectivity index (χ1) is 13.6. The molecule has 3 aromatic carbocycles. The molecule has 4 rings (SSSR count). The Hall–Kier alpha value is -3.40. The quantitative estimate of drug-likeness (QED) is 0.477. The average molecular weight is 371 g/mol. The molecule has 4 nitrogen and oxygen atoms in total. The van der Waals surface area contributed by atoms with Crippen molar-refractivity contribution in [2.24, 2.45) is 4.99 Å². The van der Waals surface area contributed by atoms with Crippen LogP contribution in [0.2, 0.25) is 0 Å². The highest BCUT2D eigenvalue weighted by Crippen LogP contribution is 2.30. The summed E-state index contributed by atoms with van der Waals surface area (Å²) in [5, 5.41) is 23.1. The number of carbonyl (C=O) groups is 1. The number of ketones is 1. The molecule has 1 saturated carbocycles. The third-order valence-corrected chi connectivity index (χ3v) is 5.05. The number of fused-ring (bicyclic) bond motifs is 1. The minimum Gasteiger partial charge on any atom is -0.511 e. The molecule has 0 bridgehead atoms. The second-order valence-corrected chi connectivity index (χ2v) is 6.96. The molecule has 0 aliphatic heterocycles. The highest BCUT2D eigenvalue weighted by molar-refractivity contribution is 6.24. The molecule has 3 aromatic rings. The van der Waals surface area contributed by atoms with E-state index in [-0.39, 0.29) is 23.7 Å². The van der Waals surface area contributed by atoms with E-state index < -0.39 is 0 Å². The Labute approximate surface area is 163 Å². The Morgan fingerprint density at radius 3 is 2.54 bits per heavy atom. The van der Waals surface area contributed by atoms with Gasteiger partial charge in [0.25, 0.3) is 0 Å². The number of aliphatic hydroxyl groups excluding tert-OH is 1. The molecule has 0 amide bonds. The van der Waals surface area contributed by atoms with Crippen LogP contribution in [0.1, 0.15) is 24.8 Å². The van der Waals surface area contributed by atoms with Crippen molar-refractivity contribution in [3.05, 3.63) is 83.6 Å². The lowest BCUT2D eigenvalue weighted by Gasteiger charge is -2.18. The van der Waals surface area contributed by atoms with Crippen LogP contribution in [0.15, 0.2) is 83.1 Å². The van der Waals surface area contributed by atoms with Gasteiger partial charge in [-0.2, -0.15) is 0 Å². The fourth-order valence-electron chi connectivity index (χ4n) is 3.69. The second-order valence-electron chi connectivity index (χ2n) is 6.96. The minimum absolute atomic E-state index is 0.0372. The van der Waals surface area contributed by atoms with Gasteiger partial charge in [0, 0.05) is 12.8 Å². The Balaban J connectivity index is 1.77. The number of hydrogen-bond donors (Lipinski definition) is 2. The molecule has 0 spiro atoms. The zero-order chi connectivity index (χ0) is 19.5. The molecule has 4 heteroatoms. The molecular weight excluding hydrogens is 350 g/mol. The first kappa shape index (κ1) is 18.0. The van der Waals surface area contributed by atoms with Gasteiger partial charge in [-0.05, 0) is 41.3 Å². The van der Waals surface area contributed by atoms with E-state index in [0.717, 1.165) is 16.3 Å². The van der Waals surface area contributed by atoms with Crippen molar-refractivity contribution in [2.75, 3.05) is 0 Å². The Kier molecular flexibility index (Phi) is 4.94. The van der Waals surface area contributed by atoms with Crippen molar-refractivity contribution in [2.45, 2.75) is 25.7 Å². The van der Waals surface area contributed by atoms with Crippen molar-refractivity contribution in [1.82, 2.24) is 0 Å². The van der Waals surface area contributed by atoms with Crippen LogP contribution in [-0.4, -0.2) is 21.7 Å². The van der Waals surface area contributed by atoms with E-state index in [0.29, 0.717) is 36.2 Å². The van der Waals surface area contributed by atoms with Crippen molar-refractivity contribution in [1.29, 1.82) is 0 Å². The maximum atomic E-state index is 12.6. The van der Waals surface area contributed by atoms with Gasteiger partial charge >= 0.3 is 0 Å². The lowest BCUT2D eigenvalue weighted by Crippen LogP contribution is -2.21. The summed E-state index contributed by atoms with van der Waals surface area (Å²) in [6.45, 7) is 0. The SMILES string of the molecule is O=C1CCCC(=Nc2ccccc2O)/C1=C(\O)Cc1cccc2ccccc12. The number of phenols is 1. The summed E-state index contributed by atoms with van der Waals surface area (Å²) in [7, 11) is 0. The van der Waals surface area contributed by atoms with Crippen molar-refractivity contribution in [3.8, 4) is 5.75 Å². The number of nitrogens with zero attached hydrogens (tertiary/aromatic N) is 1. The van der Waals surface area contributed by atoms with Crippen LogP contribution in [0, 0.1) is 0 Å². The molecule has 0 radical (unpaired) electrons. The maximum Gasteiger partial charge on any atom is 0.168 e. The predicted molar refractivity (Wildman–Crippen MR) is 111 cm³/mol. The molecule has 0 heterocycles. The third kappa shape index (κ3) is 3.54. The second kappa shape index (κ2) is 7.69. The van der Waals surface area contributed by atoms with E-state index >= 15 is 0 Å². The van der Waals surface area contributed by atoms with Crippen LogP contribution in [-0.2, 0) is 11.2 Å². The molecule has 0 aromatic heterocycles. The highest BCUT2D eigenvalue weighted by atomic mass is 16.3. The lowest BCUT2D eigenvalue weighted by atomic mass is 9.88. The van der Waals surface area contributed by atoms with Gasteiger partial charge in [0.05, 0.1) is 11.3 Å². The van der Waals surface area contributed by atoms with Gasteiger partial charge < -0.3 is 10.2 Å².